The Balaban J connectivity index is 1.68. The number of carbonyl (C=O) groups excluding carboxylic acids is 1. The Morgan fingerprint density at radius 3 is 2.66 bits per heavy atom. The van der Waals surface area contributed by atoms with Crippen LogP contribution in [0, 0.1) is 6.92 Å². The van der Waals surface area contributed by atoms with Gasteiger partial charge in [0.05, 0.1) is 24.1 Å². The maximum absolute atomic E-state index is 13.5. The number of nitrogens with zero attached hydrogens (tertiary/aromatic N) is 3. The Hall–Kier alpha value is -3.17. The SMILES string of the molecule is CCCCCNc1nc2c(C)cccn2c(=O)c1/C=C1/SC(=S)N(Cc2ccc(OC)cc2)C1=O. The number of ether oxygens (including phenoxy) is 1. The molecule has 0 spiro atoms. The van der Waals surface area contributed by atoms with Crippen LogP contribution in [-0.4, -0.2) is 38.2 Å². The monoisotopic (exact) mass is 508 g/mol. The summed E-state index contributed by atoms with van der Waals surface area (Å²) in [5.74, 6) is 1.01. The molecule has 3 aromatic rings. The summed E-state index contributed by atoms with van der Waals surface area (Å²) in [5, 5.41) is 3.32. The Morgan fingerprint density at radius 2 is 1.94 bits per heavy atom. The van der Waals surface area contributed by atoms with E-state index in [2.05, 4.69) is 12.2 Å². The number of methoxy groups -OCH3 is 1. The number of aryl methyl sites for hydroxylation is 1. The summed E-state index contributed by atoms with van der Waals surface area (Å²) in [6, 6.07) is 11.2. The molecule has 182 valence electrons. The Bertz CT molecular complexity index is 1350. The van der Waals surface area contributed by atoms with E-state index in [1.807, 2.05) is 43.3 Å². The normalized spacial score (nSPS) is 14.8. The highest BCUT2D eigenvalue weighted by atomic mass is 32.2. The van der Waals surface area contributed by atoms with Crippen LogP contribution in [-0.2, 0) is 11.3 Å². The number of unbranched alkanes of at least 4 members (excludes halogenated alkanes) is 2. The Morgan fingerprint density at radius 1 is 1.17 bits per heavy atom. The molecule has 9 heteroatoms. The smallest absolute Gasteiger partial charge is 0.267 e. The van der Waals surface area contributed by atoms with Gasteiger partial charge in [0.1, 0.15) is 21.5 Å². The van der Waals surface area contributed by atoms with Crippen molar-refractivity contribution in [2.45, 2.75) is 39.7 Å². The molecule has 0 atom stereocenters. The average molecular weight is 509 g/mol. The highest BCUT2D eigenvalue weighted by Crippen LogP contribution is 2.34. The summed E-state index contributed by atoms with van der Waals surface area (Å²) in [4.78, 5) is 33.4. The molecule has 0 bridgehead atoms. The molecule has 7 nitrogen and oxygen atoms in total. The van der Waals surface area contributed by atoms with Crippen molar-refractivity contribution in [2.75, 3.05) is 19.0 Å². The molecule has 1 aliphatic heterocycles. The lowest BCUT2D eigenvalue weighted by Crippen LogP contribution is -2.27. The predicted octanol–water partition coefficient (Wildman–Crippen LogP) is 5.02. The molecule has 1 aliphatic rings. The summed E-state index contributed by atoms with van der Waals surface area (Å²) in [6.45, 7) is 5.11. The van der Waals surface area contributed by atoms with E-state index in [9.17, 15) is 9.59 Å². The fourth-order valence-electron chi connectivity index (χ4n) is 3.84. The van der Waals surface area contributed by atoms with Gasteiger partial charge in [0.2, 0.25) is 0 Å². The second-order valence-corrected chi connectivity index (χ2v) is 9.99. The lowest BCUT2D eigenvalue weighted by atomic mass is 10.2. The molecule has 2 aromatic heterocycles. The molecular weight excluding hydrogens is 480 g/mol. The van der Waals surface area contributed by atoms with Crippen molar-refractivity contribution in [1.82, 2.24) is 14.3 Å². The molecule has 1 fully saturated rings. The van der Waals surface area contributed by atoms with Crippen molar-refractivity contribution in [3.63, 3.8) is 0 Å². The van der Waals surface area contributed by atoms with E-state index in [1.54, 1.807) is 24.3 Å². The molecule has 3 heterocycles. The standard InChI is InChI=1S/C26H28N4O3S2/c1-4-5-6-13-27-22-20(24(31)29-14-7-8-17(2)23(29)28-22)15-21-25(32)30(26(34)35-21)16-18-9-11-19(33-3)12-10-18/h7-12,14-15,27H,4-6,13,16H2,1-3H3/b21-15+. The predicted molar refractivity (Wildman–Crippen MR) is 146 cm³/mol. The number of nitrogens with one attached hydrogen (secondary N) is 1. The number of thioether (sulfide) groups is 1. The highest BCUT2D eigenvalue weighted by molar-refractivity contribution is 8.26. The largest absolute Gasteiger partial charge is 0.497 e. The van der Waals surface area contributed by atoms with Crippen LogP contribution < -0.4 is 15.6 Å². The van der Waals surface area contributed by atoms with Gasteiger partial charge in [0, 0.05) is 12.7 Å². The minimum atomic E-state index is -0.225. The number of rotatable bonds is 9. The van der Waals surface area contributed by atoms with E-state index < -0.39 is 0 Å². The molecule has 4 rings (SSSR count). The zero-order valence-electron chi connectivity index (χ0n) is 20.0. The second-order valence-electron chi connectivity index (χ2n) is 8.31. The number of thiocarbonyl (C=S) groups is 1. The third-order valence-corrected chi connectivity index (χ3v) is 7.18. The molecule has 0 aliphatic carbocycles. The maximum Gasteiger partial charge on any atom is 0.267 e. The van der Waals surface area contributed by atoms with Crippen LogP contribution in [0.4, 0.5) is 5.82 Å². The first-order valence-corrected chi connectivity index (χ1v) is 12.8. The average Bonchev–Trinajstić information content (AvgIpc) is 3.12. The van der Waals surface area contributed by atoms with E-state index in [0.717, 1.165) is 36.1 Å². The summed E-state index contributed by atoms with van der Waals surface area (Å²) in [5.41, 5.74) is 2.56. The number of carbonyl (C=O) groups is 1. The van der Waals surface area contributed by atoms with Crippen LogP contribution in [0.2, 0.25) is 0 Å². The van der Waals surface area contributed by atoms with Crippen molar-refractivity contribution in [3.05, 3.63) is 74.5 Å². The van der Waals surface area contributed by atoms with Gasteiger partial charge >= 0.3 is 0 Å². The maximum atomic E-state index is 13.5. The Kier molecular flexibility index (Phi) is 7.87. The van der Waals surface area contributed by atoms with E-state index in [-0.39, 0.29) is 11.5 Å². The van der Waals surface area contributed by atoms with Gasteiger partial charge in [-0.15, -0.1) is 0 Å². The molecule has 0 unspecified atom stereocenters. The van der Waals surface area contributed by atoms with Gasteiger partial charge in [-0.1, -0.05) is 61.9 Å². The molecule has 0 radical (unpaired) electrons. The zero-order chi connectivity index (χ0) is 24.9. The van der Waals surface area contributed by atoms with Crippen molar-refractivity contribution in [1.29, 1.82) is 0 Å². The van der Waals surface area contributed by atoms with E-state index in [1.165, 1.54) is 16.2 Å². The van der Waals surface area contributed by atoms with Crippen LogP contribution in [0.15, 0.2) is 52.3 Å². The van der Waals surface area contributed by atoms with Crippen molar-refractivity contribution < 1.29 is 9.53 Å². The molecule has 1 saturated heterocycles. The third-order valence-electron chi connectivity index (χ3n) is 5.81. The Labute approximate surface area is 214 Å². The zero-order valence-corrected chi connectivity index (χ0v) is 21.7. The summed E-state index contributed by atoms with van der Waals surface area (Å²) in [6.07, 6.45) is 6.47. The topological polar surface area (TPSA) is 75.9 Å². The van der Waals surface area contributed by atoms with Gasteiger partial charge in [-0.2, -0.15) is 0 Å². The second kappa shape index (κ2) is 11.0. The van der Waals surface area contributed by atoms with Crippen LogP contribution in [0.1, 0.15) is 42.9 Å². The number of benzene rings is 1. The van der Waals surface area contributed by atoms with Crippen LogP contribution in [0.5, 0.6) is 5.75 Å². The first kappa shape index (κ1) is 24.9. The van der Waals surface area contributed by atoms with Crippen molar-refractivity contribution in [2.24, 2.45) is 0 Å². The number of amides is 1. The molecule has 35 heavy (non-hydrogen) atoms. The number of fused-ring (bicyclic) bond motifs is 1. The number of anilines is 1. The van der Waals surface area contributed by atoms with Gasteiger partial charge in [-0.3, -0.25) is 18.9 Å². The van der Waals surface area contributed by atoms with Gasteiger partial charge in [-0.05, 0) is 48.7 Å². The molecule has 1 N–H and O–H groups in total. The number of hydrogen-bond donors (Lipinski definition) is 1. The summed E-state index contributed by atoms with van der Waals surface area (Å²) in [7, 11) is 1.61. The van der Waals surface area contributed by atoms with E-state index in [4.69, 9.17) is 21.9 Å². The lowest BCUT2D eigenvalue weighted by Gasteiger charge is -2.15. The van der Waals surface area contributed by atoms with Gasteiger partial charge in [-0.25, -0.2) is 4.98 Å². The minimum absolute atomic E-state index is 0.221. The van der Waals surface area contributed by atoms with Crippen LogP contribution in [0.3, 0.4) is 0 Å². The van der Waals surface area contributed by atoms with E-state index >= 15 is 0 Å². The fourth-order valence-corrected chi connectivity index (χ4v) is 5.08. The van der Waals surface area contributed by atoms with Crippen molar-refractivity contribution in [3.8, 4) is 5.75 Å². The molecule has 0 saturated carbocycles. The highest BCUT2D eigenvalue weighted by Gasteiger charge is 2.32. The first-order valence-electron chi connectivity index (χ1n) is 11.6. The quantitative estimate of drug-likeness (QED) is 0.247. The van der Waals surface area contributed by atoms with Gasteiger partial charge in [0.25, 0.3) is 11.5 Å². The molecule has 1 aromatic carbocycles. The minimum Gasteiger partial charge on any atom is -0.497 e. The van der Waals surface area contributed by atoms with Gasteiger partial charge < -0.3 is 10.1 Å². The molecule has 1 amide bonds. The number of pyridine rings is 1. The first-order chi connectivity index (χ1) is 16.9. The van der Waals surface area contributed by atoms with Crippen molar-refractivity contribution >= 4 is 51.7 Å². The lowest BCUT2D eigenvalue weighted by molar-refractivity contribution is -0.122. The number of hydrogen-bond acceptors (Lipinski definition) is 7. The number of aromatic nitrogens is 2. The van der Waals surface area contributed by atoms with Crippen LogP contribution in [0.25, 0.3) is 11.7 Å². The third kappa shape index (κ3) is 5.41. The van der Waals surface area contributed by atoms with E-state index in [0.29, 0.717) is 39.3 Å². The van der Waals surface area contributed by atoms with Gasteiger partial charge in [0.15, 0.2) is 0 Å². The summed E-state index contributed by atoms with van der Waals surface area (Å²) < 4.78 is 7.19. The fraction of sp³-hybridized carbons (Fsp3) is 0.308. The van der Waals surface area contributed by atoms with Crippen LogP contribution >= 0.6 is 24.0 Å². The summed E-state index contributed by atoms with van der Waals surface area (Å²) >= 11 is 6.71. The molecular formula is C26H28N4O3S2.